The number of fused-ring (bicyclic) bond motifs is 1. The average molecular weight is 406 g/mol. The van der Waals surface area contributed by atoms with Gasteiger partial charge in [0.1, 0.15) is 0 Å². The van der Waals surface area contributed by atoms with Gasteiger partial charge in [0.05, 0.1) is 24.6 Å². The van der Waals surface area contributed by atoms with Gasteiger partial charge < -0.3 is 20.1 Å². The van der Waals surface area contributed by atoms with Crippen LogP contribution in [0.2, 0.25) is 0 Å². The van der Waals surface area contributed by atoms with Gasteiger partial charge in [-0.1, -0.05) is 18.2 Å². The number of ether oxygens (including phenoxy) is 2. The van der Waals surface area contributed by atoms with Gasteiger partial charge >= 0.3 is 0 Å². The third-order valence-electron chi connectivity index (χ3n) is 4.91. The Hall–Kier alpha value is -3.48. The second-order valence-electron chi connectivity index (χ2n) is 7.23. The van der Waals surface area contributed by atoms with Crippen molar-refractivity contribution in [3.05, 3.63) is 65.5 Å². The van der Waals surface area contributed by atoms with E-state index in [-0.39, 0.29) is 0 Å². The predicted molar refractivity (Wildman–Crippen MR) is 119 cm³/mol. The van der Waals surface area contributed by atoms with Crippen molar-refractivity contribution in [3.8, 4) is 17.2 Å². The number of nitrogens with one attached hydrogen (secondary N) is 2. The van der Waals surface area contributed by atoms with Crippen LogP contribution >= 0.6 is 0 Å². The minimum absolute atomic E-state index is 0.610. The van der Waals surface area contributed by atoms with Crippen LogP contribution in [-0.2, 0) is 6.54 Å². The third-order valence-corrected chi connectivity index (χ3v) is 4.91. The maximum atomic E-state index is 5.78. The lowest BCUT2D eigenvalue weighted by molar-refractivity contribution is 0.297. The van der Waals surface area contributed by atoms with Crippen LogP contribution in [0.1, 0.15) is 23.4 Å². The number of aromatic nitrogens is 2. The lowest BCUT2D eigenvalue weighted by Gasteiger charge is -2.16. The molecule has 156 valence electrons. The van der Waals surface area contributed by atoms with Gasteiger partial charge in [-0.2, -0.15) is 5.10 Å². The second kappa shape index (κ2) is 8.90. The lowest BCUT2D eigenvalue weighted by atomic mass is 10.1. The molecule has 0 unspecified atom stereocenters. The van der Waals surface area contributed by atoms with Crippen LogP contribution in [0.25, 0.3) is 5.69 Å². The first-order valence-electron chi connectivity index (χ1n) is 10.1. The minimum Gasteiger partial charge on any atom is -0.490 e. The number of hydrogen-bond acceptors (Lipinski definition) is 4. The molecule has 0 radical (unpaired) electrons. The molecule has 0 spiro atoms. The van der Waals surface area contributed by atoms with E-state index in [0.29, 0.717) is 25.7 Å². The molecule has 0 aliphatic carbocycles. The summed E-state index contributed by atoms with van der Waals surface area (Å²) in [6.45, 7) is 6.02. The highest BCUT2D eigenvalue weighted by molar-refractivity contribution is 5.93. The molecule has 2 aromatic carbocycles. The van der Waals surface area contributed by atoms with Crippen molar-refractivity contribution in [3.63, 3.8) is 0 Å². The summed E-state index contributed by atoms with van der Waals surface area (Å²) >= 11 is 0. The number of aryl methyl sites for hydroxylation is 2. The van der Waals surface area contributed by atoms with Crippen LogP contribution in [0.3, 0.4) is 0 Å². The van der Waals surface area contributed by atoms with Gasteiger partial charge in [-0.15, -0.1) is 0 Å². The van der Waals surface area contributed by atoms with E-state index in [9.17, 15) is 0 Å². The molecular formula is C23H27N5O2. The summed E-state index contributed by atoms with van der Waals surface area (Å²) in [6.07, 6.45) is 0.884. The Labute approximate surface area is 176 Å². The molecule has 1 aromatic heterocycles. The van der Waals surface area contributed by atoms with E-state index in [4.69, 9.17) is 9.47 Å². The van der Waals surface area contributed by atoms with E-state index < -0.39 is 0 Å². The molecule has 1 aliphatic rings. The van der Waals surface area contributed by atoms with Gasteiger partial charge in [-0.05, 0) is 43.7 Å². The highest BCUT2D eigenvalue weighted by Gasteiger charge is 2.12. The molecule has 2 heterocycles. The van der Waals surface area contributed by atoms with Crippen LogP contribution in [-0.4, -0.2) is 36.0 Å². The zero-order valence-electron chi connectivity index (χ0n) is 17.6. The number of para-hydroxylation sites is 1. The summed E-state index contributed by atoms with van der Waals surface area (Å²) in [6, 6.07) is 16.1. The average Bonchev–Trinajstić information content (AvgIpc) is 2.94. The molecule has 0 fully saturated rings. The van der Waals surface area contributed by atoms with E-state index in [1.807, 2.05) is 41.9 Å². The molecule has 4 rings (SSSR count). The first kappa shape index (κ1) is 19.8. The highest BCUT2D eigenvalue weighted by atomic mass is 16.5. The summed E-state index contributed by atoms with van der Waals surface area (Å²) in [5.41, 5.74) is 5.18. The summed E-state index contributed by atoms with van der Waals surface area (Å²) < 4.78 is 13.5. The van der Waals surface area contributed by atoms with Crippen molar-refractivity contribution in [2.45, 2.75) is 26.8 Å². The summed E-state index contributed by atoms with van der Waals surface area (Å²) in [5, 5.41) is 11.3. The minimum atomic E-state index is 0.610. The molecular weight excluding hydrogens is 378 g/mol. The highest BCUT2D eigenvalue weighted by Crippen LogP contribution is 2.32. The molecule has 7 heteroatoms. The van der Waals surface area contributed by atoms with Gasteiger partial charge in [-0.25, -0.2) is 4.68 Å². The monoisotopic (exact) mass is 405 g/mol. The quantitative estimate of drug-likeness (QED) is 0.510. The van der Waals surface area contributed by atoms with Crippen LogP contribution < -0.4 is 20.1 Å². The van der Waals surface area contributed by atoms with E-state index in [0.717, 1.165) is 46.2 Å². The molecule has 0 saturated heterocycles. The van der Waals surface area contributed by atoms with Crippen LogP contribution in [0.4, 0.5) is 5.69 Å². The molecule has 0 atom stereocenters. The Bertz CT molecular complexity index is 1060. The molecule has 0 amide bonds. The van der Waals surface area contributed by atoms with Crippen LogP contribution in [0, 0.1) is 13.8 Å². The fraction of sp³-hybridized carbons (Fsp3) is 0.304. The Morgan fingerprint density at radius 2 is 1.87 bits per heavy atom. The molecule has 30 heavy (non-hydrogen) atoms. The van der Waals surface area contributed by atoms with E-state index in [2.05, 4.69) is 45.8 Å². The van der Waals surface area contributed by atoms with Crippen LogP contribution in [0.5, 0.6) is 11.5 Å². The van der Waals surface area contributed by atoms with Gasteiger partial charge in [0.2, 0.25) is 0 Å². The normalized spacial score (nSPS) is 13.6. The van der Waals surface area contributed by atoms with E-state index >= 15 is 0 Å². The van der Waals surface area contributed by atoms with Gasteiger partial charge in [0, 0.05) is 37.5 Å². The topological polar surface area (TPSA) is 72.7 Å². The lowest BCUT2D eigenvalue weighted by Crippen LogP contribution is -2.30. The fourth-order valence-electron chi connectivity index (χ4n) is 3.48. The Kier molecular flexibility index (Phi) is 5.88. The predicted octanol–water partition coefficient (Wildman–Crippen LogP) is 3.84. The van der Waals surface area contributed by atoms with Gasteiger partial charge in [0.15, 0.2) is 17.5 Å². The Morgan fingerprint density at radius 1 is 1.07 bits per heavy atom. The first-order valence-corrected chi connectivity index (χ1v) is 10.1. The van der Waals surface area contributed by atoms with Crippen molar-refractivity contribution in [1.82, 2.24) is 15.1 Å². The number of nitrogens with zero attached hydrogens (tertiary/aromatic N) is 3. The number of guanidine groups is 1. The van der Waals surface area contributed by atoms with Gasteiger partial charge in [-0.3, -0.25) is 4.99 Å². The third kappa shape index (κ3) is 4.40. The Morgan fingerprint density at radius 3 is 2.63 bits per heavy atom. The van der Waals surface area contributed by atoms with E-state index in [1.54, 1.807) is 7.05 Å². The largest absolute Gasteiger partial charge is 0.490 e. The summed E-state index contributed by atoms with van der Waals surface area (Å²) in [7, 11) is 1.76. The summed E-state index contributed by atoms with van der Waals surface area (Å²) in [4.78, 5) is 4.35. The van der Waals surface area contributed by atoms with Crippen molar-refractivity contribution in [2.24, 2.45) is 4.99 Å². The summed E-state index contributed by atoms with van der Waals surface area (Å²) in [5.74, 6) is 2.20. The van der Waals surface area contributed by atoms with Gasteiger partial charge in [0.25, 0.3) is 0 Å². The smallest absolute Gasteiger partial charge is 0.195 e. The Balaban J connectivity index is 1.47. The first-order chi connectivity index (χ1) is 14.6. The molecule has 7 nitrogen and oxygen atoms in total. The molecule has 0 bridgehead atoms. The SMILES string of the molecule is CN=C(NCc1ccccc1-n1nc(C)cc1C)Nc1ccc2c(c1)OCCCO2. The second-order valence-corrected chi connectivity index (χ2v) is 7.23. The zero-order valence-corrected chi connectivity index (χ0v) is 17.6. The standard InChI is InChI=1S/C23H27N5O2/c1-16-13-17(2)28(27-16)20-8-5-4-7-18(20)15-25-23(24-3)26-19-9-10-21-22(14-19)30-12-6-11-29-21/h4-5,7-10,13-14H,6,11-12,15H2,1-3H3,(H2,24,25,26). The zero-order chi connectivity index (χ0) is 20.9. The fourth-order valence-corrected chi connectivity index (χ4v) is 3.48. The van der Waals surface area contributed by atoms with Crippen LogP contribution in [0.15, 0.2) is 53.5 Å². The van der Waals surface area contributed by atoms with E-state index in [1.165, 1.54) is 0 Å². The molecule has 0 saturated carbocycles. The maximum Gasteiger partial charge on any atom is 0.195 e. The molecule has 2 N–H and O–H groups in total. The molecule has 1 aliphatic heterocycles. The van der Waals surface area contributed by atoms with Crippen molar-refractivity contribution < 1.29 is 9.47 Å². The number of anilines is 1. The van der Waals surface area contributed by atoms with Crippen molar-refractivity contribution >= 4 is 11.6 Å². The number of hydrogen-bond donors (Lipinski definition) is 2. The molecule has 3 aromatic rings. The number of benzene rings is 2. The number of aliphatic imine (C=N–C) groups is 1. The van der Waals surface area contributed by atoms with Crippen molar-refractivity contribution in [1.29, 1.82) is 0 Å². The maximum absolute atomic E-state index is 5.78. The number of rotatable bonds is 4. The van der Waals surface area contributed by atoms with Crippen molar-refractivity contribution in [2.75, 3.05) is 25.6 Å².